The highest BCUT2D eigenvalue weighted by atomic mass is 16.2. The van der Waals surface area contributed by atoms with Gasteiger partial charge in [-0.2, -0.15) is 0 Å². The third-order valence-corrected chi connectivity index (χ3v) is 4.98. The summed E-state index contributed by atoms with van der Waals surface area (Å²) in [4.78, 5) is 32.2. The number of aryl methyl sites for hydroxylation is 2. The van der Waals surface area contributed by atoms with E-state index < -0.39 is 0 Å². The van der Waals surface area contributed by atoms with Gasteiger partial charge in [0.2, 0.25) is 11.9 Å². The second-order valence-electron chi connectivity index (χ2n) is 6.92. The fourth-order valence-corrected chi connectivity index (χ4v) is 3.27. The molecule has 1 fully saturated rings. The van der Waals surface area contributed by atoms with Crippen LogP contribution in [-0.2, 0) is 11.3 Å². The van der Waals surface area contributed by atoms with E-state index in [0.29, 0.717) is 11.5 Å². The first-order valence-corrected chi connectivity index (χ1v) is 9.16. The summed E-state index contributed by atoms with van der Waals surface area (Å²) < 4.78 is 1.52. The van der Waals surface area contributed by atoms with Crippen molar-refractivity contribution in [1.82, 2.24) is 9.55 Å². The van der Waals surface area contributed by atoms with Gasteiger partial charge in [0.25, 0.3) is 5.56 Å². The van der Waals surface area contributed by atoms with Gasteiger partial charge < -0.3 is 10.2 Å². The summed E-state index contributed by atoms with van der Waals surface area (Å²) in [5.74, 6) is 0.391. The minimum atomic E-state index is -0.218. The molecule has 1 saturated heterocycles. The number of amides is 1. The second-order valence-corrected chi connectivity index (χ2v) is 6.92. The minimum Gasteiger partial charge on any atom is -0.342 e. The van der Waals surface area contributed by atoms with E-state index >= 15 is 0 Å². The number of carbonyl (C=O) groups is 1. The molecule has 0 unspecified atom stereocenters. The van der Waals surface area contributed by atoms with Gasteiger partial charge in [0, 0.05) is 30.0 Å². The molecular weight excluding hydrogens is 328 g/mol. The molecule has 1 aliphatic rings. The number of aromatic nitrogens is 2. The number of benzene rings is 1. The van der Waals surface area contributed by atoms with E-state index in [1.165, 1.54) is 11.0 Å². The Balaban J connectivity index is 1.90. The molecule has 1 aliphatic heterocycles. The standard InChI is InChI=1S/C20H26N4O2/c1-14-9-5-6-10-17(14)22-18(25)13-24-19(26)15(2)16(3)21-20(24)23-11-7-4-8-12-23/h5-6,9-10H,4,7-8,11-13H2,1-3H3,(H,22,25). The molecule has 0 radical (unpaired) electrons. The number of hydrogen-bond donors (Lipinski definition) is 1. The quantitative estimate of drug-likeness (QED) is 0.917. The number of nitrogens with one attached hydrogen (secondary N) is 1. The van der Waals surface area contributed by atoms with Crippen LogP contribution in [0.15, 0.2) is 29.1 Å². The Kier molecular flexibility index (Phi) is 5.40. The summed E-state index contributed by atoms with van der Waals surface area (Å²) in [7, 11) is 0. The SMILES string of the molecule is Cc1ccccc1NC(=O)Cn1c(N2CCCCC2)nc(C)c(C)c1=O. The molecule has 0 saturated carbocycles. The molecule has 0 spiro atoms. The number of nitrogens with zero attached hydrogens (tertiary/aromatic N) is 3. The Bertz CT molecular complexity index is 867. The molecule has 1 aromatic heterocycles. The van der Waals surface area contributed by atoms with Gasteiger partial charge in [-0.3, -0.25) is 14.2 Å². The Morgan fingerprint density at radius 3 is 2.50 bits per heavy atom. The van der Waals surface area contributed by atoms with Crippen LogP contribution in [0.5, 0.6) is 0 Å². The predicted octanol–water partition coefficient (Wildman–Crippen LogP) is 2.80. The fraction of sp³-hybridized carbons (Fsp3) is 0.450. The van der Waals surface area contributed by atoms with Gasteiger partial charge >= 0.3 is 0 Å². The molecule has 0 atom stereocenters. The van der Waals surface area contributed by atoms with Crippen LogP contribution in [0.4, 0.5) is 11.6 Å². The van der Waals surface area contributed by atoms with Crippen LogP contribution < -0.4 is 15.8 Å². The molecule has 26 heavy (non-hydrogen) atoms. The first kappa shape index (κ1) is 18.2. The molecule has 0 aliphatic carbocycles. The molecule has 1 amide bonds. The highest BCUT2D eigenvalue weighted by Gasteiger charge is 2.21. The second kappa shape index (κ2) is 7.72. The summed E-state index contributed by atoms with van der Waals surface area (Å²) >= 11 is 0. The monoisotopic (exact) mass is 354 g/mol. The third kappa shape index (κ3) is 3.79. The van der Waals surface area contributed by atoms with Crippen LogP contribution in [0, 0.1) is 20.8 Å². The van der Waals surface area contributed by atoms with E-state index in [1.54, 1.807) is 6.92 Å². The van der Waals surface area contributed by atoms with E-state index in [2.05, 4.69) is 15.2 Å². The number of para-hydroxylation sites is 1. The topological polar surface area (TPSA) is 67.2 Å². The van der Waals surface area contributed by atoms with E-state index in [0.717, 1.165) is 42.9 Å². The van der Waals surface area contributed by atoms with Crippen LogP contribution in [0.3, 0.4) is 0 Å². The van der Waals surface area contributed by atoms with E-state index in [4.69, 9.17) is 0 Å². The maximum absolute atomic E-state index is 12.8. The molecule has 138 valence electrons. The Labute approximate surface area is 153 Å². The molecule has 6 nitrogen and oxygen atoms in total. The molecule has 1 aromatic carbocycles. The maximum atomic E-state index is 12.8. The molecule has 3 rings (SSSR count). The Hall–Kier alpha value is -2.63. The van der Waals surface area contributed by atoms with Crippen molar-refractivity contribution in [1.29, 1.82) is 0 Å². The van der Waals surface area contributed by atoms with Gasteiger partial charge in [-0.05, 0) is 51.7 Å². The van der Waals surface area contributed by atoms with Crippen molar-refractivity contribution in [3.8, 4) is 0 Å². The summed E-state index contributed by atoms with van der Waals surface area (Å²) in [6.07, 6.45) is 3.36. The number of anilines is 2. The number of hydrogen-bond acceptors (Lipinski definition) is 4. The number of rotatable bonds is 4. The highest BCUT2D eigenvalue weighted by Crippen LogP contribution is 2.18. The number of piperidine rings is 1. The van der Waals surface area contributed by atoms with Crippen LogP contribution in [0.25, 0.3) is 0 Å². The maximum Gasteiger partial charge on any atom is 0.258 e. The third-order valence-electron chi connectivity index (χ3n) is 4.98. The summed E-state index contributed by atoms with van der Waals surface area (Å²) in [5.41, 5.74) is 2.93. The van der Waals surface area contributed by atoms with Crippen LogP contribution >= 0.6 is 0 Å². The number of carbonyl (C=O) groups excluding carboxylic acids is 1. The Morgan fingerprint density at radius 1 is 1.12 bits per heavy atom. The van der Waals surface area contributed by atoms with E-state index in [1.807, 2.05) is 38.1 Å². The van der Waals surface area contributed by atoms with E-state index in [-0.39, 0.29) is 18.0 Å². The van der Waals surface area contributed by atoms with Gasteiger partial charge in [0.1, 0.15) is 6.54 Å². The molecular formula is C20H26N4O2. The van der Waals surface area contributed by atoms with Crippen LogP contribution in [-0.4, -0.2) is 28.5 Å². The molecule has 2 heterocycles. The van der Waals surface area contributed by atoms with E-state index in [9.17, 15) is 9.59 Å². The molecule has 6 heteroatoms. The summed E-state index contributed by atoms with van der Waals surface area (Å²) in [6.45, 7) is 7.26. The van der Waals surface area contributed by atoms with Gasteiger partial charge in [0.15, 0.2) is 0 Å². The van der Waals surface area contributed by atoms with Crippen molar-refractivity contribution < 1.29 is 4.79 Å². The van der Waals surface area contributed by atoms with Crippen molar-refractivity contribution in [3.05, 3.63) is 51.4 Å². The van der Waals surface area contributed by atoms with Crippen molar-refractivity contribution in [2.75, 3.05) is 23.3 Å². The smallest absolute Gasteiger partial charge is 0.258 e. The average Bonchev–Trinajstić information content (AvgIpc) is 2.64. The van der Waals surface area contributed by atoms with Crippen molar-refractivity contribution in [2.24, 2.45) is 0 Å². The zero-order valence-corrected chi connectivity index (χ0v) is 15.7. The summed E-state index contributed by atoms with van der Waals surface area (Å²) in [5, 5.41) is 2.91. The highest BCUT2D eigenvalue weighted by molar-refractivity contribution is 5.91. The van der Waals surface area contributed by atoms with Crippen LogP contribution in [0.2, 0.25) is 0 Å². The largest absolute Gasteiger partial charge is 0.342 e. The van der Waals surface area contributed by atoms with Gasteiger partial charge in [-0.15, -0.1) is 0 Å². The average molecular weight is 354 g/mol. The van der Waals surface area contributed by atoms with Gasteiger partial charge in [-0.1, -0.05) is 18.2 Å². The summed E-state index contributed by atoms with van der Waals surface area (Å²) in [6, 6.07) is 7.61. The van der Waals surface area contributed by atoms with Crippen molar-refractivity contribution in [3.63, 3.8) is 0 Å². The molecule has 1 N–H and O–H groups in total. The predicted molar refractivity (Wildman–Crippen MR) is 104 cm³/mol. The lowest BCUT2D eigenvalue weighted by Gasteiger charge is -2.30. The zero-order valence-electron chi connectivity index (χ0n) is 15.7. The lowest BCUT2D eigenvalue weighted by atomic mass is 10.1. The zero-order chi connectivity index (χ0) is 18.7. The van der Waals surface area contributed by atoms with Crippen molar-refractivity contribution in [2.45, 2.75) is 46.6 Å². The lowest BCUT2D eigenvalue weighted by molar-refractivity contribution is -0.116. The van der Waals surface area contributed by atoms with Crippen LogP contribution in [0.1, 0.15) is 36.1 Å². The first-order valence-electron chi connectivity index (χ1n) is 9.16. The van der Waals surface area contributed by atoms with Gasteiger partial charge in [-0.25, -0.2) is 4.98 Å². The first-order chi connectivity index (χ1) is 12.5. The van der Waals surface area contributed by atoms with Gasteiger partial charge in [0.05, 0.1) is 0 Å². The fourth-order valence-electron chi connectivity index (χ4n) is 3.27. The normalized spacial score (nSPS) is 14.3. The Morgan fingerprint density at radius 2 is 1.81 bits per heavy atom. The minimum absolute atomic E-state index is 0.0346. The molecule has 2 aromatic rings. The van der Waals surface area contributed by atoms with Crippen molar-refractivity contribution >= 4 is 17.5 Å². The molecule has 0 bridgehead atoms. The lowest BCUT2D eigenvalue weighted by Crippen LogP contribution is -2.39.